The maximum Gasteiger partial charge on any atom is 0.155 e. The molecule has 0 amide bonds. The van der Waals surface area contributed by atoms with Crippen LogP contribution >= 0.6 is 0 Å². The first-order valence-corrected chi connectivity index (χ1v) is 11.3. The molecule has 1 aromatic heterocycles. The van der Waals surface area contributed by atoms with Crippen molar-refractivity contribution in [3.05, 3.63) is 65.2 Å². The molecule has 1 N–H and O–H groups in total. The van der Waals surface area contributed by atoms with Crippen LogP contribution in [0, 0.1) is 18.3 Å². The third-order valence-corrected chi connectivity index (χ3v) is 6.76. The summed E-state index contributed by atoms with van der Waals surface area (Å²) < 4.78 is 0. The molecular weight excluding hydrogens is 398 g/mol. The van der Waals surface area contributed by atoms with Gasteiger partial charge in [0.25, 0.3) is 0 Å². The van der Waals surface area contributed by atoms with Crippen molar-refractivity contribution < 1.29 is 5.11 Å². The van der Waals surface area contributed by atoms with Gasteiger partial charge in [0.15, 0.2) is 5.82 Å². The molecule has 1 saturated heterocycles. The number of nitrogens with zero attached hydrogens (tertiary/aromatic N) is 5. The Bertz CT molecular complexity index is 1170. The summed E-state index contributed by atoms with van der Waals surface area (Å²) in [5.74, 6) is 1.06. The number of fused-ring (bicyclic) bond motifs is 1. The Kier molecular flexibility index (Phi) is 5.40. The van der Waals surface area contributed by atoms with Gasteiger partial charge in [-0.2, -0.15) is 5.26 Å². The lowest BCUT2D eigenvalue weighted by Gasteiger charge is -2.43. The highest BCUT2D eigenvalue weighted by atomic mass is 16.3. The molecule has 0 aliphatic carbocycles. The molecule has 0 unspecified atom stereocenters. The number of hydrogen-bond acceptors (Lipinski definition) is 6. The smallest absolute Gasteiger partial charge is 0.155 e. The molecule has 3 aromatic rings. The van der Waals surface area contributed by atoms with Gasteiger partial charge in [0.05, 0.1) is 17.3 Å². The minimum Gasteiger partial charge on any atom is -0.507 e. The van der Waals surface area contributed by atoms with E-state index >= 15 is 0 Å². The number of aromatic nitrogens is 2. The lowest BCUT2D eigenvalue weighted by atomic mass is 9.94. The number of phenolic OH excluding ortho intramolecular Hbond substituents is 1. The molecule has 1 atom stereocenters. The number of phenols is 1. The summed E-state index contributed by atoms with van der Waals surface area (Å²) in [4.78, 5) is 4.93. The van der Waals surface area contributed by atoms with E-state index in [-0.39, 0.29) is 5.75 Å². The minimum absolute atomic E-state index is 0.0693. The predicted molar refractivity (Wildman–Crippen MR) is 126 cm³/mol. The fourth-order valence-corrected chi connectivity index (χ4v) is 5.10. The van der Waals surface area contributed by atoms with Crippen LogP contribution in [-0.4, -0.2) is 41.0 Å². The number of anilines is 2. The molecule has 1 fully saturated rings. The van der Waals surface area contributed by atoms with E-state index in [1.165, 1.54) is 17.3 Å². The van der Waals surface area contributed by atoms with Crippen molar-refractivity contribution in [2.45, 2.75) is 38.6 Å². The Hall–Kier alpha value is -3.59. The van der Waals surface area contributed by atoms with Gasteiger partial charge in [-0.05, 0) is 68.5 Å². The number of para-hydroxylation sites is 1. The van der Waals surface area contributed by atoms with Gasteiger partial charge < -0.3 is 14.9 Å². The van der Waals surface area contributed by atoms with E-state index in [9.17, 15) is 5.11 Å². The number of piperidine rings is 1. The fourth-order valence-electron chi connectivity index (χ4n) is 5.10. The summed E-state index contributed by atoms with van der Waals surface area (Å²) in [6.45, 7) is 5.14. The van der Waals surface area contributed by atoms with Crippen LogP contribution in [0.25, 0.3) is 11.3 Å². The van der Waals surface area contributed by atoms with Crippen molar-refractivity contribution in [1.82, 2.24) is 10.2 Å². The van der Waals surface area contributed by atoms with Crippen LogP contribution in [-0.2, 0) is 6.42 Å². The molecule has 6 heteroatoms. The van der Waals surface area contributed by atoms with E-state index in [4.69, 9.17) is 5.26 Å². The summed E-state index contributed by atoms with van der Waals surface area (Å²) in [7, 11) is 0. The first-order chi connectivity index (χ1) is 15.7. The Labute approximate surface area is 188 Å². The van der Waals surface area contributed by atoms with Gasteiger partial charge in [0, 0.05) is 42.5 Å². The second kappa shape index (κ2) is 8.51. The molecule has 2 aliphatic rings. The fraction of sp³-hybridized carbons (Fsp3) is 0.346. The number of benzene rings is 2. The molecule has 2 aliphatic heterocycles. The van der Waals surface area contributed by atoms with Crippen LogP contribution in [0.1, 0.15) is 36.0 Å². The van der Waals surface area contributed by atoms with E-state index in [0.29, 0.717) is 22.9 Å². The van der Waals surface area contributed by atoms with Crippen LogP contribution < -0.4 is 9.80 Å². The summed E-state index contributed by atoms with van der Waals surface area (Å²) in [5.41, 5.74) is 5.32. The van der Waals surface area contributed by atoms with Crippen molar-refractivity contribution in [2.75, 3.05) is 29.4 Å². The second-order valence-corrected chi connectivity index (χ2v) is 8.69. The van der Waals surface area contributed by atoms with Gasteiger partial charge in [-0.15, -0.1) is 10.2 Å². The molecule has 32 heavy (non-hydrogen) atoms. The van der Waals surface area contributed by atoms with Crippen molar-refractivity contribution in [1.29, 1.82) is 5.26 Å². The lowest BCUT2D eigenvalue weighted by Crippen LogP contribution is -2.50. The molecule has 2 aromatic carbocycles. The van der Waals surface area contributed by atoms with E-state index < -0.39 is 0 Å². The zero-order valence-corrected chi connectivity index (χ0v) is 18.3. The maximum atomic E-state index is 10.5. The van der Waals surface area contributed by atoms with Crippen LogP contribution in [0.15, 0.2) is 48.5 Å². The predicted octanol–water partition coefficient (Wildman–Crippen LogP) is 4.45. The number of rotatable bonds is 3. The molecular formula is C26H27N5O. The Morgan fingerprint density at radius 1 is 1.06 bits per heavy atom. The van der Waals surface area contributed by atoms with E-state index in [1.807, 2.05) is 0 Å². The highest BCUT2D eigenvalue weighted by molar-refractivity contribution is 5.73. The maximum absolute atomic E-state index is 10.5. The first kappa shape index (κ1) is 20.3. The van der Waals surface area contributed by atoms with E-state index in [0.717, 1.165) is 56.7 Å². The molecule has 0 radical (unpaired) electrons. The summed E-state index contributed by atoms with van der Waals surface area (Å²) >= 11 is 0. The van der Waals surface area contributed by atoms with Crippen molar-refractivity contribution in [2.24, 2.45) is 0 Å². The Morgan fingerprint density at radius 2 is 1.91 bits per heavy atom. The molecule has 0 spiro atoms. The highest BCUT2D eigenvalue weighted by Crippen LogP contribution is 2.37. The molecule has 5 rings (SSSR count). The normalized spacial score (nSPS) is 18.2. The molecule has 0 bridgehead atoms. The van der Waals surface area contributed by atoms with Crippen molar-refractivity contribution >= 4 is 11.5 Å². The molecule has 162 valence electrons. The largest absolute Gasteiger partial charge is 0.507 e. The van der Waals surface area contributed by atoms with Crippen molar-refractivity contribution in [3.63, 3.8) is 0 Å². The Morgan fingerprint density at radius 3 is 2.69 bits per heavy atom. The average Bonchev–Trinajstić information content (AvgIpc) is 2.85. The van der Waals surface area contributed by atoms with Crippen LogP contribution in [0.5, 0.6) is 5.75 Å². The number of hydrogen-bond donors (Lipinski definition) is 1. The molecule has 0 saturated carbocycles. The van der Waals surface area contributed by atoms with Crippen LogP contribution in [0.4, 0.5) is 11.5 Å². The molecule has 6 nitrogen and oxygen atoms in total. The van der Waals surface area contributed by atoms with Crippen molar-refractivity contribution in [3.8, 4) is 23.1 Å². The minimum atomic E-state index is 0.0693. The van der Waals surface area contributed by atoms with Gasteiger partial charge in [0.1, 0.15) is 5.75 Å². The second-order valence-electron chi connectivity index (χ2n) is 8.69. The van der Waals surface area contributed by atoms with Gasteiger partial charge in [0.2, 0.25) is 0 Å². The van der Waals surface area contributed by atoms with Gasteiger partial charge in [-0.3, -0.25) is 0 Å². The SMILES string of the molecule is Cc1c(-c2ccc(C#N)cc2O)nnc2c1CCCN2[C@H]1CCCN(c2ccccc2)C1. The summed E-state index contributed by atoms with van der Waals surface area (Å²) in [6, 6.07) is 18.1. The topological polar surface area (TPSA) is 76.3 Å². The third kappa shape index (κ3) is 3.64. The van der Waals surface area contributed by atoms with Gasteiger partial charge in [-0.1, -0.05) is 18.2 Å². The monoisotopic (exact) mass is 425 g/mol. The number of nitriles is 1. The number of aromatic hydroxyl groups is 1. The average molecular weight is 426 g/mol. The van der Waals surface area contributed by atoms with E-state index in [2.05, 4.69) is 63.3 Å². The zero-order valence-electron chi connectivity index (χ0n) is 18.3. The Balaban J connectivity index is 1.46. The summed E-state index contributed by atoms with van der Waals surface area (Å²) in [6.07, 6.45) is 4.36. The molecule has 3 heterocycles. The standard InChI is InChI=1S/C26H27N5O/c1-18-22-10-6-14-31(21-9-5-13-30(17-21)20-7-3-2-4-8-20)26(22)29-28-25(18)23-12-11-19(16-27)15-24(23)32/h2-4,7-8,11-12,15,21,32H,5-6,9-10,13-14,17H2,1H3/t21-/m0/s1. The van der Waals surface area contributed by atoms with E-state index in [1.54, 1.807) is 12.1 Å². The van der Waals surface area contributed by atoms with Crippen LogP contribution in [0.2, 0.25) is 0 Å². The zero-order chi connectivity index (χ0) is 22.1. The van der Waals surface area contributed by atoms with Gasteiger partial charge in [-0.25, -0.2) is 0 Å². The summed E-state index contributed by atoms with van der Waals surface area (Å²) in [5, 5.41) is 28.8. The highest BCUT2D eigenvalue weighted by Gasteiger charge is 2.31. The lowest BCUT2D eigenvalue weighted by molar-refractivity contribution is 0.455. The quantitative estimate of drug-likeness (QED) is 0.668. The van der Waals surface area contributed by atoms with Gasteiger partial charge >= 0.3 is 0 Å². The third-order valence-electron chi connectivity index (χ3n) is 6.76. The first-order valence-electron chi connectivity index (χ1n) is 11.3. The van der Waals surface area contributed by atoms with Crippen LogP contribution in [0.3, 0.4) is 0 Å².